The minimum atomic E-state index is -0.922. The molecule has 0 spiro atoms. The summed E-state index contributed by atoms with van der Waals surface area (Å²) in [6.45, 7) is 6.78. The summed E-state index contributed by atoms with van der Waals surface area (Å²) >= 11 is 5.65. The van der Waals surface area contributed by atoms with Gasteiger partial charge in [0.15, 0.2) is 0 Å². The van der Waals surface area contributed by atoms with Crippen molar-refractivity contribution in [3.05, 3.63) is 0 Å². The van der Waals surface area contributed by atoms with Crippen LogP contribution in [0.2, 0.25) is 0 Å². The molecule has 3 unspecified atom stereocenters. The molecule has 0 aromatic carbocycles. The first kappa shape index (κ1) is 10.8. The molecule has 1 aliphatic rings. The smallest absolute Gasteiger partial charge is 0.322 e. The topological polar surface area (TPSA) is 40.5 Å². The summed E-state index contributed by atoms with van der Waals surface area (Å²) in [5.41, 5.74) is 0. The van der Waals surface area contributed by atoms with Crippen molar-refractivity contribution in [3.8, 4) is 0 Å². The number of aliphatic carboxylic acids is 1. The average Bonchev–Trinajstić information content (AvgIpc) is 2.31. The number of carboxylic acids is 1. The summed E-state index contributed by atoms with van der Waals surface area (Å²) in [6.07, 6.45) is 0. The number of hydrogen-bond donors (Lipinski definition) is 1. The van der Waals surface area contributed by atoms with E-state index in [1.807, 2.05) is 0 Å². The second-order valence-electron chi connectivity index (χ2n) is 3.98. The van der Waals surface area contributed by atoms with E-state index in [-0.39, 0.29) is 0 Å². The Kier molecular flexibility index (Phi) is 3.56. The molecule has 0 aromatic rings. The van der Waals surface area contributed by atoms with Crippen LogP contribution in [0.1, 0.15) is 13.8 Å². The average molecular weight is 206 g/mol. The lowest BCUT2D eigenvalue weighted by Crippen LogP contribution is -2.32. The number of carbonyl (C=O) groups is 1. The zero-order valence-electron chi connectivity index (χ0n) is 8.03. The number of halogens is 1. The molecule has 0 amide bonds. The molecule has 0 radical (unpaired) electrons. The predicted octanol–water partition coefficient (Wildman–Crippen LogP) is 1.27. The second-order valence-corrected chi connectivity index (χ2v) is 4.51. The Morgan fingerprint density at radius 1 is 1.54 bits per heavy atom. The van der Waals surface area contributed by atoms with Crippen molar-refractivity contribution in [1.82, 2.24) is 4.90 Å². The Hall–Kier alpha value is -0.280. The zero-order chi connectivity index (χ0) is 10.0. The van der Waals surface area contributed by atoms with E-state index in [0.29, 0.717) is 18.4 Å². The van der Waals surface area contributed by atoms with Gasteiger partial charge in [-0.15, -0.1) is 11.6 Å². The minimum absolute atomic E-state index is 0.464. The number of alkyl halides is 1. The van der Waals surface area contributed by atoms with Crippen LogP contribution in [0.5, 0.6) is 0 Å². The van der Waals surface area contributed by atoms with Crippen LogP contribution in [0.15, 0.2) is 0 Å². The van der Waals surface area contributed by atoms with Crippen LogP contribution in [0.4, 0.5) is 0 Å². The van der Waals surface area contributed by atoms with Crippen LogP contribution < -0.4 is 0 Å². The lowest BCUT2D eigenvalue weighted by Gasteiger charge is -2.16. The summed E-state index contributed by atoms with van der Waals surface area (Å²) in [5.74, 6) is 0.379. The molecule has 4 heteroatoms. The molecule has 0 bridgehead atoms. The summed E-state index contributed by atoms with van der Waals surface area (Å²) in [6, 6.07) is 0. The molecule has 76 valence electrons. The first-order chi connectivity index (χ1) is 6.00. The van der Waals surface area contributed by atoms with E-state index in [4.69, 9.17) is 16.7 Å². The molecule has 0 aliphatic carbocycles. The van der Waals surface area contributed by atoms with Gasteiger partial charge in [-0.25, -0.2) is 0 Å². The lowest BCUT2D eigenvalue weighted by atomic mass is 10.0. The fourth-order valence-electron chi connectivity index (χ4n) is 1.70. The van der Waals surface area contributed by atoms with Crippen molar-refractivity contribution in [2.24, 2.45) is 11.8 Å². The molecule has 3 nitrogen and oxygen atoms in total. The molecule has 0 saturated carbocycles. The maximum absolute atomic E-state index is 10.5. The van der Waals surface area contributed by atoms with E-state index in [9.17, 15) is 4.79 Å². The molecular weight excluding hydrogens is 190 g/mol. The molecule has 1 heterocycles. The highest BCUT2D eigenvalue weighted by Gasteiger charge is 2.28. The van der Waals surface area contributed by atoms with Gasteiger partial charge >= 0.3 is 5.97 Å². The largest absolute Gasteiger partial charge is 0.480 e. The Balaban J connectivity index is 2.35. The minimum Gasteiger partial charge on any atom is -0.480 e. The second kappa shape index (κ2) is 4.29. The van der Waals surface area contributed by atoms with Gasteiger partial charge in [-0.05, 0) is 11.8 Å². The Labute approximate surface area is 83.7 Å². The summed E-state index contributed by atoms with van der Waals surface area (Å²) < 4.78 is 0. The highest BCUT2D eigenvalue weighted by atomic mass is 35.5. The molecule has 0 aromatic heterocycles. The fraction of sp³-hybridized carbons (Fsp3) is 0.889. The summed E-state index contributed by atoms with van der Waals surface area (Å²) in [5, 5.41) is 7.85. The summed E-state index contributed by atoms with van der Waals surface area (Å²) in [4.78, 5) is 12.6. The van der Waals surface area contributed by atoms with E-state index >= 15 is 0 Å². The molecular formula is C9H16ClNO2. The van der Waals surface area contributed by atoms with Crippen LogP contribution in [0, 0.1) is 11.8 Å². The Bertz CT molecular complexity index is 188. The summed E-state index contributed by atoms with van der Waals surface area (Å²) in [7, 11) is 0. The van der Waals surface area contributed by atoms with Crippen molar-refractivity contribution in [3.63, 3.8) is 0 Å². The first-order valence-electron chi connectivity index (χ1n) is 4.60. The highest BCUT2D eigenvalue weighted by molar-refractivity contribution is 6.29. The number of hydrogen-bond acceptors (Lipinski definition) is 2. The van der Waals surface area contributed by atoms with Crippen LogP contribution >= 0.6 is 11.6 Å². The standard InChI is InChI=1S/C9H16ClNO2/c1-6-3-11(4-7(6)2)5-8(10)9(12)13/h6-8H,3-5H2,1-2H3,(H,12,13). The van der Waals surface area contributed by atoms with Gasteiger partial charge in [0.2, 0.25) is 0 Å². The van der Waals surface area contributed by atoms with Gasteiger partial charge in [0, 0.05) is 19.6 Å². The van der Waals surface area contributed by atoms with Crippen molar-refractivity contribution in [2.45, 2.75) is 19.2 Å². The van der Waals surface area contributed by atoms with Gasteiger partial charge in [0.05, 0.1) is 0 Å². The van der Waals surface area contributed by atoms with Crippen LogP contribution in [0.25, 0.3) is 0 Å². The molecule has 1 fully saturated rings. The molecule has 1 saturated heterocycles. The maximum Gasteiger partial charge on any atom is 0.322 e. The predicted molar refractivity (Wildman–Crippen MR) is 52.0 cm³/mol. The molecule has 1 aliphatic heterocycles. The lowest BCUT2D eigenvalue weighted by molar-refractivity contribution is -0.136. The number of rotatable bonds is 3. The monoisotopic (exact) mass is 205 g/mol. The molecule has 13 heavy (non-hydrogen) atoms. The maximum atomic E-state index is 10.5. The molecule has 1 rings (SSSR count). The van der Waals surface area contributed by atoms with Gasteiger partial charge in [0.25, 0.3) is 0 Å². The van der Waals surface area contributed by atoms with Gasteiger partial charge in [-0.2, -0.15) is 0 Å². The van der Waals surface area contributed by atoms with Gasteiger partial charge < -0.3 is 10.0 Å². The van der Waals surface area contributed by atoms with E-state index < -0.39 is 11.3 Å². The Morgan fingerprint density at radius 3 is 2.38 bits per heavy atom. The van der Waals surface area contributed by atoms with Crippen molar-refractivity contribution < 1.29 is 9.90 Å². The highest BCUT2D eigenvalue weighted by Crippen LogP contribution is 2.22. The van der Waals surface area contributed by atoms with Gasteiger partial charge in [-0.1, -0.05) is 13.8 Å². The van der Waals surface area contributed by atoms with Crippen LogP contribution in [-0.4, -0.2) is 41.0 Å². The van der Waals surface area contributed by atoms with Gasteiger partial charge in [0.1, 0.15) is 5.38 Å². The number of likely N-dealkylation sites (tertiary alicyclic amines) is 1. The third-order valence-electron chi connectivity index (χ3n) is 2.75. The zero-order valence-corrected chi connectivity index (χ0v) is 8.79. The van der Waals surface area contributed by atoms with E-state index in [1.54, 1.807) is 0 Å². The van der Waals surface area contributed by atoms with E-state index in [1.165, 1.54) is 0 Å². The fourth-order valence-corrected chi connectivity index (χ4v) is 1.90. The molecule has 3 atom stereocenters. The van der Waals surface area contributed by atoms with E-state index in [0.717, 1.165) is 13.1 Å². The van der Waals surface area contributed by atoms with Crippen LogP contribution in [0.3, 0.4) is 0 Å². The first-order valence-corrected chi connectivity index (χ1v) is 5.03. The third-order valence-corrected chi connectivity index (χ3v) is 3.07. The van der Waals surface area contributed by atoms with Crippen molar-refractivity contribution in [1.29, 1.82) is 0 Å². The quantitative estimate of drug-likeness (QED) is 0.706. The normalized spacial score (nSPS) is 31.9. The SMILES string of the molecule is CC1CN(CC(Cl)C(=O)O)CC1C. The van der Waals surface area contributed by atoms with Crippen LogP contribution in [-0.2, 0) is 4.79 Å². The number of nitrogens with zero attached hydrogens (tertiary/aromatic N) is 1. The van der Waals surface area contributed by atoms with E-state index in [2.05, 4.69) is 18.7 Å². The molecule has 1 N–H and O–H groups in total. The van der Waals surface area contributed by atoms with Crippen molar-refractivity contribution in [2.75, 3.05) is 19.6 Å². The van der Waals surface area contributed by atoms with Gasteiger partial charge in [-0.3, -0.25) is 4.79 Å². The Morgan fingerprint density at radius 2 is 2.00 bits per heavy atom. The van der Waals surface area contributed by atoms with Crippen molar-refractivity contribution >= 4 is 17.6 Å². The third kappa shape index (κ3) is 2.85. The number of carboxylic acid groups (broad SMARTS) is 1.